The SMILES string of the molecule is CN(C(=O)/C=C/n1cnc(-c2cccc(Cl)c2)n1)c1ccccc1. The van der Waals surface area contributed by atoms with E-state index in [1.165, 1.54) is 10.8 Å². The van der Waals surface area contributed by atoms with Crippen molar-refractivity contribution in [3.8, 4) is 11.4 Å². The van der Waals surface area contributed by atoms with Gasteiger partial charge in [0.15, 0.2) is 5.82 Å². The smallest absolute Gasteiger partial charge is 0.252 e. The summed E-state index contributed by atoms with van der Waals surface area (Å²) in [5, 5.41) is 4.94. The fraction of sp³-hybridized carbons (Fsp3) is 0.0556. The molecule has 0 aliphatic carbocycles. The van der Waals surface area contributed by atoms with E-state index >= 15 is 0 Å². The zero-order chi connectivity index (χ0) is 16.9. The van der Waals surface area contributed by atoms with E-state index in [1.807, 2.05) is 42.5 Å². The van der Waals surface area contributed by atoms with Crippen molar-refractivity contribution in [3.05, 3.63) is 72.0 Å². The highest BCUT2D eigenvalue weighted by molar-refractivity contribution is 6.30. The van der Waals surface area contributed by atoms with Crippen LogP contribution in [0.1, 0.15) is 0 Å². The molecule has 0 bridgehead atoms. The van der Waals surface area contributed by atoms with E-state index < -0.39 is 0 Å². The van der Waals surface area contributed by atoms with E-state index in [9.17, 15) is 4.79 Å². The number of amides is 1. The van der Waals surface area contributed by atoms with Gasteiger partial charge in [-0.2, -0.15) is 0 Å². The van der Waals surface area contributed by atoms with Crippen molar-refractivity contribution in [1.29, 1.82) is 0 Å². The zero-order valence-corrected chi connectivity index (χ0v) is 13.8. The van der Waals surface area contributed by atoms with Crippen molar-refractivity contribution in [2.75, 3.05) is 11.9 Å². The predicted molar refractivity (Wildman–Crippen MR) is 95.7 cm³/mol. The lowest BCUT2D eigenvalue weighted by Gasteiger charge is -2.14. The summed E-state index contributed by atoms with van der Waals surface area (Å²) < 4.78 is 1.49. The van der Waals surface area contributed by atoms with E-state index in [4.69, 9.17) is 11.6 Å². The number of nitrogens with zero attached hydrogens (tertiary/aromatic N) is 4. The first kappa shape index (κ1) is 16.0. The minimum Gasteiger partial charge on any atom is -0.312 e. The van der Waals surface area contributed by atoms with Crippen molar-refractivity contribution in [1.82, 2.24) is 14.8 Å². The lowest BCUT2D eigenvalue weighted by atomic mass is 10.2. The van der Waals surface area contributed by atoms with Crippen LogP contribution in [0.2, 0.25) is 5.02 Å². The molecule has 0 saturated carbocycles. The van der Waals surface area contributed by atoms with Gasteiger partial charge >= 0.3 is 0 Å². The lowest BCUT2D eigenvalue weighted by Crippen LogP contribution is -2.23. The summed E-state index contributed by atoms with van der Waals surface area (Å²) in [6.07, 6.45) is 4.56. The van der Waals surface area contributed by atoms with Crippen molar-refractivity contribution < 1.29 is 4.79 Å². The van der Waals surface area contributed by atoms with E-state index in [0.717, 1.165) is 11.3 Å². The molecule has 3 rings (SSSR count). The molecule has 2 aromatic carbocycles. The molecule has 1 heterocycles. The molecule has 3 aromatic rings. The monoisotopic (exact) mass is 338 g/mol. The fourth-order valence-corrected chi connectivity index (χ4v) is 2.33. The Kier molecular flexibility index (Phi) is 4.72. The average molecular weight is 339 g/mol. The van der Waals surface area contributed by atoms with Crippen molar-refractivity contribution in [2.24, 2.45) is 0 Å². The highest BCUT2D eigenvalue weighted by Crippen LogP contribution is 2.19. The molecule has 0 radical (unpaired) electrons. The number of likely N-dealkylation sites (N-methyl/N-ethyl adjacent to an activating group) is 1. The van der Waals surface area contributed by atoms with Crippen LogP contribution < -0.4 is 4.90 Å². The number of rotatable bonds is 4. The molecule has 5 nitrogen and oxygen atoms in total. The molecular formula is C18H15ClN4O. The van der Waals surface area contributed by atoms with Crippen LogP contribution in [0.25, 0.3) is 17.6 Å². The Morgan fingerprint density at radius 1 is 1.17 bits per heavy atom. The Morgan fingerprint density at radius 2 is 1.96 bits per heavy atom. The molecule has 0 fully saturated rings. The summed E-state index contributed by atoms with van der Waals surface area (Å²) in [7, 11) is 1.72. The van der Waals surface area contributed by atoms with Crippen LogP contribution in [0.4, 0.5) is 5.69 Å². The number of carbonyl (C=O) groups is 1. The van der Waals surface area contributed by atoms with Crippen LogP contribution >= 0.6 is 11.6 Å². The van der Waals surface area contributed by atoms with Crippen LogP contribution in [0.15, 0.2) is 67.0 Å². The third-order valence-electron chi connectivity index (χ3n) is 3.44. The van der Waals surface area contributed by atoms with Gasteiger partial charge in [0.25, 0.3) is 5.91 Å². The van der Waals surface area contributed by atoms with Gasteiger partial charge < -0.3 is 4.90 Å². The van der Waals surface area contributed by atoms with Crippen LogP contribution in [-0.2, 0) is 4.79 Å². The normalized spacial score (nSPS) is 10.9. The Hall–Kier alpha value is -2.92. The van der Waals surface area contributed by atoms with Gasteiger partial charge in [-0.05, 0) is 24.3 Å². The molecule has 1 amide bonds. The molecule has 0 unspecified atom stereocenters. The molecule has 1 aromatic heterocycles. The van der Waals surface area contributed by atoms with E-state index in [-0.39, 0.29) is 5.91 Å². The van der Waals surface area contributed by atoms with Crippen LogP contribution in [0.5, 0.6) is 0 Å². The number of hydrogen-bond acceptors (Lipinski definition) is 3. The van der Waals surface area contributed by atoms with Crippen LogP contribution in [-0.4, -0.2) is 27.7 Å². The predicted octanol–water partition coefficient (Wildman–Crippen LogP) is 3.73. The molecule has 0 spiro atoms. The quantitative estimate of drug-likeness (QED) is 0.681. The van der Waals surface area contributed by atoms with Crippen LogP contribution in [0, 0.1) is 0 Å². The lowest BCUT2D eigenvalue weighted by molar-refractivity contribution is -0.113. The third kappa shape index (κ3) is 3.70. The second-order valence-corrected chi connectivity index (χ2v) is 5.54. The topological polar surface area (TPSA) is 51.0 Å². The zero-order valence-electron chi connectivity index (χ0n) is 13.0. The molecule has 24 heavy (non-hydrogen) atoms. The van der Waals surface area contributed by atoms with E-state index in [0.29, 0.717) is 10.8 Å². The van der Waals surface area contributed by atoms with Crippen LogP contribution in [0.3, 0.4) is 0 Å². The number of benzene rings is 2. The van der Waals surface area contributed by atoms with Crippen molar-refractivity contribution in [3.63, 3.8) is 0 Å². The number of hydrogen-bond donors (Lipinski definition) is 0. The Bertz CT molecular complexity index is 873. The number of halogens is 1. The average Bonchev–Trinajstić information content (AvgIpc) is 3.09. The first-order valence-electron chi connectivity index (χ1n) is 7.31. The summed E-state index contributed by atoms with van der Waals surface area (Å²) in [6, 6.07) is 16.7. The van der Waals surface area contributed by atoms with Gasteiger partial charge in [0, 0.05) is 35.6 Å². The maximum atomic E-state index is 12.2. The first-order valence-corrected chi connectivity index (χ1v) is 7.69. The number of aromatic nitrogens is 3. The highest BCUT2D eigenvalue weighted by atomic mass is 35.5. The summed E-state index contributed by atoms with van der Waals surface area (Å²) in [4.78, 5) is 18.0. The molecule has 0 aliphatic heterocycles. The highest BCUT2D eigenvalue weighted by Gasteiger charge is 2.07. The minimum atomic E-state index is -0.152. The van der Waals surface area contributed by atoms with Gasteiger partial charge in [-0.3, -0.25) is 4.79 Å². The van der Waals surface area contributed by atoms with Gasteiger partial charge in [-0.1, -0.05) is 41.9 Å². The van der Waals surface area contributed by atoms with E-state index in [1.54, 1.807) is 36.6 Å². The van der Waals surface area contributed by atoms with E-state index in [2.05, 4.69) is 10.1 Å². The molecular weight excluding hydrogens is 324 g/mol. The Balaban J connectivity index is 1.72. The fourth-order valence-electron chi connectivity index (χ4n) is 2.14. The number of anilines is 1. The molecule has 0 aliphatic rings. The molecule has 0 saturated heterocycles. The first-order chi connectivity index (χ1) is 11.6. The van der Waals surface area contributed by atoms with Crippen molar-refractivity contribution in [2.45, 2.75) is 0 Å². The maximum Gasteiger partial charge on any atom is 0.252 e. The van der Waals surface area contributed by atoms with Gasteiger partial charge in [0.2, 0.25) is 0 Å². The number of para-hydroxylation sites is 1. The third-order valence-corrected chi connectivity index (χ3v) is 3.67. The summed E-state index contributed by atoms with van der Waals surface area (Å²) in [5.74, 6) is 0.395. The summed E-state index contributed by atoms with van der Waals surface area (Å²) in [5.41, 5.74) is 1.65. The van der Waals surface area contributed by atoms with Crippen molar-refractivity contribution >= 4 is 29.4 Å². The summed E-state index contributed by atoms with van der Waals surface area (Å²) in [6.45, 7) is 0. The molecule has 6 heteroatoms. The second kappa shape index (κ2) is 7.10. The van der Waals surface area contributed by atoms with Gasteiger partial charge in [-0.25, -0.2) is 9.67 Å². The minimum absolute atomic E-state index is 0.152. The van der Waals surface area contributed by atoms with Gasteiger partial charge in [0.05, 0.1) is 0 Å². The summed E-state index contributed by atoms with van der Waals surface area (Å²) >= 11 is 5.97. The van der Waals surface area contributed by atoms with Gasteiger partial charge in [-0.15, -0.1) is 5.10 Å². The number of carbonyl (C=O) groups excluding carboxylic acids is 1. The molecule has 0 N–H and O–H groups in total. The standard InChI is InChI=1S/C18H15ClN4O/c1-22(16-8-3-2-4-9-16)17(24)10-11-23-13-20-18(21-23)14-6-5-7-15(19)12-14/h2-13H,1H3/b11-10+. The Morgan fingerprint density at radius 3 is 2.71 bits per heavy atom. The second-order valence-electron chi connectivity index (χ2n) is 5.11. The largest absolute Gasteiger partial charge is 0.312 e. The maximum absolute atomic E-state index is 12.2. The van der Waals surface area contributed by atoms with Gasteiger partial charge in [0.1, 0.15) is 6.33 Å². The Labute approximate surface area is 144 Å². The molecule has 0 atom stereocenters. The molecule has 120 valence electrons.